The molecule has 0 atom stereocenters. The van der Waals surface area contributed by atoms with Crippen molar-refractivity contribution in [3.05, 3.63) is 64.3 Å². The normalized spacial score (nSPS) is 11.6. The number of pyridine rings is 1. The van der Waals surface area contributed by atoms with Gasteiger partial charge in [0.15, 0.2) is 5.82 Å². The largest absolute Gasteiger partial charge is 0.284 e. The first-order valence-corrected chi connectivity index (χ1v) is 8.26. The van der Waals surface area contributed by atoms with Gasteiger partial charge in [0.1, 0.15) is 11.3 Å². The van der Waals surface area contributed by atoms with E-state index >= 15 is 0 Å². The molecule has 0 aromatic carbocycles. The van der Waals surface area contributed by atoms with Gasteiger partial charge in [0.2, 0.25) is 0 Å². The van der Waals surface area contributed by atoms with Crippen LogP contribution in [-0.4, -0.2) is 15.6 Å². The number of nitrogens with zero attached hydrogens (tertiary/aromatic N) is 3. The zero-order chi connectivity index (χ0) is 14.1. The van der Waals surface area contributed by atoms with Crippen molar-refractivity contribution in [1.82, 2.24) is 9.38 Å². The molecule has 102 valence electrons. The Labute approximate surface area is 129 Å². The van der Waals surface area contributed by atoms with E-state index in [4.69, 9.17) is 4.98 Å². The molecule has 4 rings (SSSR count). The molecule has 4 aromatic heterocycles. The number of fused-ring (bicyclic) bond motifs is 1. The molecular weight excluding hydrogens is 298 g/mol. The summed E-state index contributed by atoms with van der Waals surface area (Å²) in [5, 5.41) is 4.11. The van der Waals surface area contributed by atoms with Crippen molar-refractivity contribution in [2.75, 3.05) is 0 Å². The maximum Gasteiger partial charge on any atom is 0.165 e. The van der Waals surface area contributed by atoms with E-state index in [9.17, 15) is 0 Å². The lowest BCUT2D eigenvalue weighted by molar-refractivity contribution is 1.17. The summed E-state index contributed by atoms with van der Waals surface area (Å²) >= 11 is 3.36. The van der Waals surface area contributed by atoms with Crippen molar-refractivity contribution >= 4 is 40.4 Å². The molecule has 0 saturated carbocycles. The van der Waals surface area contributed by atoms with E-state index in [0.717, 1.165) is 26.9 Å². The summed E-state index contributed by atoms with van der Waals surface area (Å²) in [6.07, 6.45) is 3.90. The fraction of sp³-hybridized carbons (Fsp3) is 0. The maximum absolute atomic E-state index is 4.72. The minimum Gasteiger partial charge on any atom is -0.284 e. The summed E-state index contributed by atoms with van der Waals surface area (Å²) in [6, 6.07) is 14.2. The van der Waals surface area contributed by atoms with Crippen LogP contribution in [0.5, 0.6) is 0 Å². The Bertz CT molecular complexity index is 887. The Morgan fingerprint density at radius 3 is 2.71 bits per heavy atom. The van der Waals surface area contributed by atoms with Gasteiger partial charge < -0.3 is 0 Å². The van der Waals surface area contributed by atoms with E-state index in [1.54, 1.807) is 22.7 Å². The van der Waals surface area contributed by atoms with E-state index in [2.05, 4.69) is 27.9 Å². The minimum atomic E-state index is 0.876. The first-order valence-electron chi connectivity index (χ1n) is 6.50. The van der Waals surface area contributed by atoms with Crippen LogP contribution in [0.4, 0.5) is 5.82 Å². The van der Waals surface area contributed by atoms with Gasteiger partial charge in [0.25, 0.3) is 0 Å². The molecule has 0 spiro atoms. The molecule has 3 nitrogen and oxygen atoms in total. The van der Waals surface area contributed by atoms with Gasteiger partial charge in [-0.2, -0.15) is 0 Å². The van der Waals surface area contributed by atoms with Gasteiger partial charge in [-0.15, -0.1) is 22.7 Å². The Morgan fingerprint density at radius 1 is 1.00 bits per heavy atom. The molecule has 0 saturated heterocycles. The van der Waals surface area contributed by atoms with E-state index in [1.165, 1.54) is 0 Å². The van der Waals surface area contributed by atoms with Gasteiger partial charge in [-0.05, 0) is 35.0 Å². The average molecular weight is 309 g/mol. The first kappa shape index (κ1) is 12.5. The monoisotopic (exact) mass is 309 g/mol. The molecule has 0 amide bonds. The summed E-state index contributed by atoms with van der Waals surface area (Å²) in [6.45, 7) is 0. The summed E-state index contributed by atoms with van der Waals surface area (Å²) < 4.78 is 2.03. The third-order valence-electron chi connectivity index (χ3n) is 3.12. The summed E-state index contributed by atoms with van der Waals surface area (Å²) in [7, 11) is 0. The molecule has 0 aliphatic rings. The molecule has 21 heavy (non-hydrogen) atoms. The number of thiophene rings is 2. The van der Waals surface area contributed by atoms with Crippen LogP contribution in [0.3, 0.4) is 0 Å². The number of aromatic nitrogens is 2. The SMILES string of the molecule is C(=N\c1c(-c2cccs2)nc2ccccn12)/c1cccs1. The zero-order valence-corrected chi connectivity index (χ0v) is 12.6. The minimum absolute atomic E-state index is 0.876. The van der Waals surface area contributed by atoms with Crippen molar-refractivity contribution in [1.29, 1.82) is 0 Å². The molecule has 5 heteroatoms. The van der Waals surface area contributed by atoms with E-state index in [1.807, 2.05) is 47.1 Å². The standard InChI is InChI=1S/C16H11N3S2/c1-2-8-19-14(7-1)18-15(13-6-4-10-21-13)16(19)17-11-12-5-3-9-20-12/h1-11H/b17-11+. The second-order valence-electron chi connectivity index (χ2n) is 4.46. The smallest absolute Gasteiger partial charge is 0.165 e. The number of aliphatic imine (C=N–C) groups is 1. The third kappa shape index (κ3) is 2.30. The van der Waals surface area contributed by atoms with Crippen LogP contribution >= 0.6 is 22.7 Å². The summed E-state index contributed by atoms with van der Waals surface area (Å²) in [5.74, 6) is 0.876. The fourth-order valence-electron chi connectivity index (χ4n) is 2.17. The van der Waals surface area contributed by atoms with Gasteiger partial charge >= 0.3 is 0 Å². The van der Waals surface area contributed by atoms with Crippen molar-refractivity contribution in [2.45, 2.75) is 0 Å². The number of imidazole rings is 1. The van der Waals surface area contributed by atoms with Crippen LogP contribution in [0.2, 0.25) is 0 Å². The highest BCUT2D eigenvalue weighted by molar-refractivity contribution is 7.13. The number of hydrogen-bond acceptors (Lipinski definition) is 4. The molecule has 0 radical (unpaired) electrons. The van der Waals surface area contributed by atoms with Gasteiger partial charge in [0, 0.05) is 17.3 Å². The molecule has 4 heterocycles. The van der Waals surface area contributed by atoms with Crippen LogP contribution < -0.4 is 0 Å². The first-order chi connectivity index (χ1) is 10.4. The van der Waals surface area contributed by atoms with Gasteiger partial charge in [-0.25, -0.2) is 9.98 Å². The second kappa shape index (κ2) is 5.27. The zero-order valence-electron chi connectivity index (χ0n) is 11.0. The lowest BCUT2D eigenvalue weighted by Crippen LogP contribution is -1.82. The summed E-state index contributed by atoms with van der Waals surface area (Å²) in [4.78, 5) is 11.7. The van der Waals surface area contributed by atoms with Crippen LogP contribution in [0.1, 0.15) is 4.88 Å². The molecule has 0 aliphatic heterocycles. The lowest BCUT2D eigenvalue weighted by Gasteiger charge is -1.97. The van der Waals surface area contributed by atoms with E-state index in [0.29, 0.717) is 0 Å². The highest BCUT2D eigenvalue weighted by Crippen LogP contribution is 2.33. The Balaban J connectivity index is 1.90. The molecule has 0 bridgehead atoms. The molecule has 0 unspecified atom stereocenters. The summed E-state index contributed by atoms with van der Waals surface area (Å²) in [5.41, 5.74) is 1.85. The molecular formula is C16H11N3S2. The third-order valence-corrected chi connectivity index (χ3v) is 4.80. The number of hydrogen-bond donors (Lipinski definition) is 0. The topological polar surface area (TPSA) is 29.7 Å². The van der Waals surface area contributed by atoms with E-state index < -0.39 is 0 Å². The van der Waals surface area contributed by atoms with Crippen molar-refractivity contribution in [3.63, 3.8) is 0 Å². The van der Waals surface area contributed by atoms with Gasteiger partial charge in [0.05, 0.1) is 4.88 Å². The van der Waals surface area contributed by atoms with Crippen molar-refractivity contribution in [2.24, 2.45) is 4.99 Å². The van der Waals surface area contributed by atoms with Crippen LogP contribution in [0.15, 0.2) is 64.4 Å². The number of rotatable bonds is 3. The Kier molecular flexibility index (Phi) is 3.14. The predicted molar refractivity (Wildman–Crippen MR) is 90.1 cm³/mol. The van der Waals surface area contributed by atoms with Crippen LogP contribution in [-0.2, 0) is 0 Å². The maximum atomic E-state index is 4.72. The quantitative estimate of drug-likeness (QED) is 0.496. The van der Waals surface area contributed by atoms with Crippen LogP contribution in [0, 0.1) is 0 Å². The van der Waals surface area contributed by atoms with Gasteiger partial charge in [-0.3, -0.25) is 4.40 Å². The lowest BCUT2D eigenvalue weighted by atomic mass is 10.3. The highest BCUT2D eigenvalue weighted by atomic mass is 32.1. The predicted octanol–water partition coefficient (Wildman–Crippen LogP) is 4.87. The Morgan fingerprint density at radius 2 is 1.90 bits per heavy atom. The molecule has 0 fully saturated rings. The van der Waals surface area contributed by atoms with E-state index in [-0.39, 0.29) is 0 Å². The van der Waals surface area contributed by atoms with Crippen LogP contribution in [0.25, 0.3) is 16.2 Å². The Hall–Kier alpha value is -2.24. The fourth-order valence-corrected chi connectivity index (χ4v) is 3.47. The average Bonchev–Trinajstić information content (AvgIpc) is 3.25. The molecule has 0 aliphatic carbocycles. The molecule has 4 aromatic rings. The van der Waals surface area contributed by atoms with Gasteiger partial charge in [-0.1, -0.05) is 18.2 Å². The molecule has 0 N–H and O–H groups in total. The highest BCUT2D eigenvalue weighted by Gasteiger charge is 2.13. The van der Waals surface area contributed by atoms with Crippen molar-refractivity contribution in [3.8, 4) is 10.6 Å². The second-order valence-corrected chi connectivity index (χ2v) is 6.39. The van der Waals surface area contributed by atoms with Crippen molar-refractivity contribution < 1.29 is 0 Å².